The Kier molecular flexibility index (Phi) is 2.81. The third kappa shape index (κ3) is 1.29. The molecule has 9 nitrogen and oxygen atoms in total. The second-order valence-corrected chi connectivity index (χ2v) is 3.41. The fourth-order valence-electron chi connectivity index (χ4n) is 1.84. The lowest BCUT2D eigenvalue weighted by Crippen LogP contribution is -2.64. The van der Waals surface area contributed by atoms with E-state index in [1.807, 2.05) is 0 Å². The van der Waals surface area contributed by atoms with Crippen molar-refractivity contribution in [1.82, 2.24) is 0 Å². The van der Waals surface area contributed by atoms with Gasteiger partial charge in [-0.25, -0.2) is 9.59 Å². The monoisotopic (exact) mass is 252 g/mol. The normalized spacial score (nSPS) is 20.7. The van der Waals surface area contributed by atoms with Crippen molar-refractivity contribution >= 4 is 23.9 Å². The van der Waals surface area contributed by atoms with Crippen LogP contribution in [0.5, 0.6) is 0 Å². The minimum absolute atomic E-state index is 0. The molecule has 4 N–H and O–H groups in total. The molecule has 1 saturated heterocycles. The van der Waals surface area contributed by atoms with Gasteiger partial charge in [-0.3, -0.25) is 9.59 Å². The lowest BCUT2D eigenvalue weighted by atomic mass is 9.71. The second-order valence-electron chi connectivity index (χ2n) is 3.41. The highest BCUT2D eigenvalue weighted by molar-refractivity contribution is 6.16. The van der Waals surface area contributed by atoms with E-state index in [0.717, 1.165) is 0 Å². The number of carboxylic acid groups (broad SMARTS) is 4. The Bertz CT molecular complexity index is 352. The maximum absolute atomic E-state index is 11.0. The van der Waals surface area contributed by atoms with E-state index in [4.69, 9.17) is 20.4 Å². The van der Waals surface area contributed by atoms with Gasteiger partial charge in [0.05, 0.1) is 6.61 Å². The molecular weight excluding hydrogens is 240 g/mol. The highest BCUT2D eigenvalue weighted by Gasteiger charge is 2.76. The van der Waals surface area contributed by atoms with E-state index in [1.165, 1.54) is 0 Å². The van der Waals surface area contributed by atoms with E-state index >= 15 is 0 Å². The van der Waals surface area contributed by atoms with Gasteiger partial charge in [0.25, 0.3) is 5.60 Å². The minimum Gasteiger partial charge on any atom is -0.480 e. The van der Waals surface area contributed by atoms with Crippen LogP contribution in [0.2, 0.25) is 0 Å². The van der Waals surface area contributed by atoms with Crippen molar-refractivity contribution in [2.24, 2.45) is 5.41 Å². The molecule has 1 rings (SSSR count). The van der Waals surface area contributed by atoms with Crippen LogP contribution >= 0.6 is 0 Å². The summed E-state index contributed by atoms with van der Waals surface area (Å²) in [4.78, 5) is 43.9. The Morgan fingerprint density at radius 2 is 1.29 bits per heavy atom. The molecule has 0 amide bonds. The fourth-order valence-corrected chi connectivity index (χ4v) is 1.84. The first-order valence-corrected chi connectivity index (χ1v) is 4.31. The van der Waals surface area contributed by atoms with Gasteiger partial charge in [-0.2, -0.15) is 0 Å². The second kappa shape index (κ2) is 3.70. The van der Waals surface area contributed by atoms with Crippen LogP contribution in [0.25, 0.3) is 0 Å². The quantitative estimate of drug-likeness (QED) is 0.458. The van der Waals surface area contributed by atoms with Gasteiger partial charge >= 0.3 is 23.9 Å². The number of carboxylic acids is 4. The average Bonchev–Trinajstić information content (AvgIpc) is 2.58. The molecule has 0 radical (unpaired) electrons. The van der Waals surface area contributed by atoms with Crippen LogP contribution in [0.4, 0.5) is 0 Å². The summed E-state index contributed by atoms with van der Waals surface area (Å²) in [6, 6.07) is 0. The van der Waals surface area contributed by atoms with Gasteiger partial charge in [-0.15, -0.1) is 0 Å². The molecule has 1 aliphatic heterocycles. The summed E-state index contributed by atoms with van der Waals surface area (Å²) in [5.41, 5.74) is -6.35. The maximum atomic E-state index is 11.0. The number of hydrogen-bond donors (Lipinski definition) is 4. The van der Waals surface area contributed by atoms with E-state index in [-0.39, 0.29) is 2.85 Å². The van der Waals surface area contributed by atoms with Crippen molar-refractivity contribution in [3.63, 3.8) is 0 Å². The van der Waals surface area contributed by atoms with Crippen LogP contribution in [-0.4, -0.2) is 56.5 Å². The smallest absolute Gasteiger partial charge is 0.349 e. The Balaban J connectivity index is 0. The molecule has 0 saturated carbocycles. The van der Waals surface area contributed by atoms with Crippen molar-refractivity contribution in [3.05, 3.63) is 0 Å². The lowest BCUT2D eigenvalue weighted by molar-refractivity contribution is -0.201. The summed E-state index contributed by atoms with van der Waals surface area (Å²) in [5, 5.41) is 35.4. The number of carbonyl (C=O) groups is 4. The number of hydrogen-bond acceptors (Lipinski definition) is 5. The predicted molar refractivity (Wildman–Crippen MR) is 50.5 cm³/mol. The molecule has 17 heavy (non-hydrogen) atoms. The van der Waals surface area contributed by atoms with E-state index < -0.39 is 47.9 Å². The van der Waals surface area contributed by atoms with Gasteiger partial charge < -0.3 is 25.2 Å². The number of rotatable bonds is 4. The van der Waals surface area contributed by atoms with E-state index in [2.05, 4.69) is 4.74 Å². The topological polar surface area (TPSA) is 158 Å². The molecule has 1 fully saturated rings. The van der Waals surface area contributed by atoms with Gasteiger partial charge in [0, 0.05) is 9.27 Å². The molecule has 9 heteroatoms. The summed E-state index contributed by atoms with van der Waals surface area (Å²) < 4.78 is 4.44. The molecule has 0 aromatic heterocycles. The van der Waals surface area contributed by atoms with Crippen LogP contribution in [0.3, 0.4) is 0 Å². The molecule has 98 valence electrons. The molecular formula is C8H12O9. The van der Waals surface area contributed by atoms with Crippen LogP contribution in [0.15, 0.2) is 0 Å². The summed E-state index contributed by atoms with van der Waals surface area (Å²) in [6.45, 7) is -0.586. The molecule has 1 heterocycles. The Morgan fingerprint density at radius 3 is 1.53 bits per heavy atom. The highest BCUT2D eigenvalue weighted by Crippen LogP contribution is 2.45. The maximum Gasteiger partial charge on any atom is 0.349 e. The van der Waals surface area contributed by atoms with Crippen molar-refractivity contribution in [2.45, 2.75) is 12.0 Å². The third-order valence-corrected chi connectivity index (χ3v) is 2.73. The molecule has 0 aromatic rings. The van der Waals surface area contributed by atoms with Gasteiger partial charge in [-0.1, -0.05) is 0 Å². The van der Waals surface area contributed by atoms with E-state index in [9.17, 15) is 19.2 Å². The van der Waals surface area contributed by atoms with Gasteiger partial charge in [0.1, 0.15) is 0 Å². The molecule has 0 aromatic carbocycles. The molecule has 0 spiro atoms. The summed E-state index contributed by atoms with van der Waals surface area (Å²) in [5.74, 6) is -8.45. The molecule has 1 aliphatic rings. The van der Waals surface area contributed by atoms with E-state index in [0.29, 0.717) is 0 Å². The van der Waals surface area contributed by atoms with Crippen molar-refractivity contribution < 1.29 is 47.2 Å². The average molecular weight is 252 g/mol. The summed E-state index contributed by atoms with van der Waals surface area (Å²) in [6.07, 6.45) is -0.740. The first kappa shape index (κ1) is 12.9. The zero-order valence-corrected chi connectivity index (χ0v) is 8.24. The highest BCUT2D eigenvalue weighted by atomic mass is 16.6. The minimum atomic E-state index is -3.31. The summed E-state index contributed by atoms with van der Waals surface area (Å²) >= 11 is 0. The van der Waals surface area contributed by atoms with Crippen LogP contribution in [-0.2, 0) is 23.9 Å². The number of ether oxygens (including phenoxy) is 1. The third-order valence-electron chi connectivity index (χ3n) is 2.73. The van der Waals surface area contributed by atoms with Crippen LogP contribution in [0.1, 0.15) is 9.27 Å². The largest absolute Gasteiger partial charge is 0.480 e. The predicted octanol–water partition coefficient (Wildman–Crippen LogP) is -1.04. The summed E-state index contributed by atoms with van der Waals surface area (Å²) in [7, 11) is 0. The first-order valence-electron chi connectivity index (χ1n) is 4.31. The zero-order chi connectivity index (χ0) is 13.4. The molecule has 0 bridgehead atoms. The first-order chi connectivity index (χ1) is 7.73. The number of aliphatic carboxylic acids is 4. The van der Waals surface area contributed by atoms with Crippen molar-refractivity contribution in [1.29, 1.82) is 0 Å². The Hall–Kier alpha value is -2.16. The Morgan fingerprint density at radius 1 is 0.882 bits per heavy atom. The SMILES string of the molecule is O=C(O)C1(C(=O)O)CCOC1(C(=O)O)C(=O)O.[HH].[HH]. The van der Waals surface area contributed by atoms with Gasteiger partial charge in [-0.05, 0) is 0 Å². The standard InChI is InChI=1S/C8H8O9.2H2/c9-3(10)7(4(11)12)1-2-17-8(7,5(13)14)6(15)16;;/h1-2H2,(H,9,10)(H,11,12)(H,13,14)(H,15,16);2*1H. The zero-order valence-electron chi connectivity index (χ0n) is 8.24. The molecule has 0 aliphatic carbocycles. The van der Waals surface area contributed by atoms with Crippen LogP contribution in [0, 0.1) is 5.41 Å². The van der Waals surface area contributed by atoms with Gasteiger partial charge in [0.2, 0.25) is 5.41 Å². The van der Waals surface area contributed by atoms with Crippen LogP contribution < -0.4 is 0 Å². The van der Waals surface area contributed by atoms with Crippen molar-refractivity contribution in [3.8, 4) is 0 Å². The van der Waals surface area contributed by atoms with E-state index in [1.54, 1.807) is 0 Å². The van der Waals surface area contributed by atoms with Gasteiger partial charge in [0.15, 0.2) is 0 Å². The molecule has 0 atom stereocenters. The lowest BCUT2D eigenvalue weighted by Gasteiger charge is -2.30. The fraction of sp³-hybridized carbons (Fsp3) is 0.500. The Labute approximate surface area is 96.2 Å². The molecule has 0 unspecified atom stereocenters. The van der Waals surface area contributed by atoms with Crippen molar-refractivity contribution in [2.75, 3.05) is 6.61 Å².